The normalized spacial score (nSPS) is 14.6. The van der Waals surface area contributed by atoms with Crippen LogP contribution in [0, 0.1) is 4.78 Å². The van der Waals surface area contributed by atoms with Crippen molar-refractivity contribution in [3.8, 4) is 0 Å². The van der Waals surface area contributed by atoms with Crippen LogP contribution in [0.2, 0.25) is 0 Å². The van der Waals surface area contributed by atoms with Crippen molar-refractivity contribution in [2.45, 2.75) is 64.1 Å². The van der Waals surface area contributed by atoms with E-state index >= 15 is 0 Å². The third kappa shape index (κ3) is 18.8. The van der Waals surface area contributed by atoms with E-state index in [1.807, 2.05) is 6.92 Å². The fraction of sp³-hybridized carbons (Fsp3) is 0.750. The van der Waals surface area contributed by atoms with Crippen LogP contribution >= 0.6 is 12.6 Å². The first kappa shape index (κ1) is 35.7. The summed E-state index contributed by atoms with van der Waals surface area (Å²) in [5, 5.41) is 21.8. The van der Waals surface area contributed by atoms with E-state index in [-0.39, 0.29) is 43.9 Å². The van der Waals surface area contributed by atoms with Gasteiger partial charge in [-0.2, -0.15) is 12.6 Å². The molecule has 0 radical (unpaired) electrons. The number of amides is 2. The monoisotopic (exact) mass is 557 g/mol. The van der Waals surface area contributed by atoms with Crippen LogP contribution in [0.3, 0.4) is 0 Å². The molecule has 0 saturated heterocycles. The first-order chi connectivity index (χ1) is 16.7. The highest BCUT2D eigenvalue weighted by Gasteiger charge is 2.21. The number of carboxylic acid groups (broad SMARTS) is 2. The molecule has 0 spiro atoms. The number of carbonyl (C=O) groups is 5. The van der Waals surface area contributed by atoms with Gasteiger partial charge in [-0.25, -0.2) is 4.21 Å². The summed E-state index contributed by atoms with van der Waals surface area (Å²) < 4.78 is 23.6. The van der Waals surface area contributed by atoms with Gasteiger partial charge in [-0.1, -0.05) is 13.3 Å². The van der Waals surface area contributed by atoms with Crippen molar-refractivity contribution in [2.75, 3.05) is 30.4 Å². The zero-order valence-corrected chi connectivity index (χ0v) is 22.3. The van der Waals surface area contributed by atoms with Crippen molar-refractivity contribution >= 4 is 52.1 Å². The molecule has 0 fully saturated rings. The fourth-order valence-electron chi connectivity index (χ4n) is 2.29. The Morgan fingerprint density at radius 1 is 1.03 bits per heavy atom. The van der Waals surface area contributed by atoms with Crippen molar-refractivity contribution in [2.24, 2.45) is 11.5 Å². The van der Waals surface area contributed by atoms with E-state index in [9.17, 15) is 28.2 Å². The maximum absolute atomic E-state index is 11.8. The number of ether oxygens (including phenoxy) is 1. The summed E-state index contributed by atoms with van der Waals surface area (Å²) in [6.07, 6.45) is 1.56. The molecule has 4 atom stereocenters. The van der Waals surface area contributed by atoms with E-state index in [1.54, 1.807) is 6.92 Å². The molecule has 14 nitrogen and oxygen atoms in total. The van der Waals surface area contributed by atoms with Crippen LogP contribution in [0.25, 0.3) is 0 Å². The second-order valence-electron chi connectivity index (χ2n) is 7.62. The average Bonchev–Trinajstić information content (AvgIpc) is 2.81. The van der Waals surface area contributed by atoms with Crippen molar-refractivity contribution in [1.29, 1.82) is 4.78 Å². The standard InChI is InChI=1S/C12H21N3O6S.C8H18N2O3S/c1-2-21-10(17)5-14-11(18)8(6-22)15-9(16)4-3-7(13)12(19)20;1-2-3-5-14(10,13)6-4-7(9)8(11)12/h7-8,22H,2-6,13H2,1H3,(H,14,18)(H,15,16)(H,19,20);7,10H,2-6,9H2,1H3,(H,11,12)/t;7-,14?/m.0/s1. The third-order valence-electron chi connectivity index (χ3n) is 4.45. The molecule has 0 saturated carbocycles. The van der Waals surface area contributed by atoms with Crippen molar-refractivity contribution in [1.82, 2.24) is 10.6 Å². The molecule has 0 aromatic rings. The van der Waals surface area contributed by atoms with Gasteiger partial charge >= 0.3 is 17.9 Å². The summed E-state index contributed by atoms with van der Waals surface area (Å²) in [6.45, 7) is 3.48. The van der Waals surface area contributed by atoms with E-state index in [4.69, 9.17) is 26.5 Å². The summed E-state index contributed by atoms with van der Waals surface area (Å²) in [6, 6.07) is -3.08. The predicted octanol–water partition coefficient (Wildman–Crippen LogP) is -1.09. The summed E-state index contributed by atoms with van der Waals surface area (Å²) in [4.78, 5) is 55.4. The Morgan fingerprint density at radius 2 is 1.58 bits per heavy atom. The lowest BCUT2D eigenvalue weighted by molar-refractivity contribution is -0.143. The number of thiol groups is 1. The Bertz CT molecular complexity index is 824. The van der Waals surface area contributed by atoms with Gasteiger partial charge in [-0.3, -0.25) is 28.8 Å². The number of rotatable bonds is 17. The number of nitrogens with one attached hydrogen (secondary N) is 3. The Morgan fingerprint density at radius 3 is 2.06 bits per heavy atom. The molecular weight excluding hydrogens is 518 g/mol. The summed E-state index contributed by atoms with van der Waals surface area (Å²) in [7, 11) is -2.62. The van der Waals surface area contributed by atoms with Crippen LogP contribution in [0.15, 0.2) is 0 Å². The SMILES string of the molecule is CCCCS(=N)(=O)CC[C@H](N)C(=O)O.CCOC(=O)CNC(=O)C(CS)NC(=O)CCC(N)C(=O)O. The fourth-order valence-corrected chi connectivity index (χ4v) is 4.14. The largest absolute Gasteiger partial charge is 0.480 e. The zero-order chi connectivity index (χ0) is 28.3. The Kier molecular flexibility index (Phi) is 19.6. The summed E-state index contributed by atoms with van der Waals surface area (Å²) in [5.74, 6) is -3.56. The van der Waals surface area contributed by atoms with E-state index in [0.29, 0.717) is 5.75 Å². The van der Waals surface area contributed by atoms with Crippen LogP contribution < -0.4 is 22.1 Å². The zero-order valence-electron chi connectivity index (χ0n) is 20.6. The Labute approximate surface area is 216 Å². The molecule has 0 aliphatic carbocycles. The Balaban J connectivity index is 0. The lowest BCUT2D eigenvalue weighted by Gasteiger charge is -2.16. The lowest BCUT2D eigenvalue weighted by atomic mass is 10.1. The van der Waals surface area contributed by atoms with Crippen molar-refractivity contribution in [3.63, 3.8) is 0 Å². The highest BCUT2D eigenvalue weighted by molar-refractivity contribution is 7.92. The average molecular weight is 558 g/mol. The van der Waals surface area contributed by atoms with Gasteiger partial charge in [0.1, 0.15) is 24.7 Å². The number of carbonyl (C=O) groups excluding carboxylic acids is 3. The molecule has 3 unspecified atom stereocenters. The maximum atomic E-state index is 11.8. The first-order valence-electron chi connectivity index (χ1n) is 11.2. The van der Waals surface area contributed by atoms with Gasteiger partial charge in [0.15, 0.2) is 0 Å². The van der Waals surface area contributed by atoms with E-state index in [2.05, 4.69) is 28.0 Å². The highest BCUT2D eigenvalue weighted by atomic mass is 32.2. The van der Waals surface area contributed by atoms with Gasteiger partial charge in [0.05, 0.1) is 6.61 Å². The molecule has 0 heterocycles. The van der Waals surface area contributed by atoms with E-state index in [1.165, 1.54) is 0 Å². The lowest BCUT2D eigenvalue weighted by Crippen LogP contribution is -2.49. The number of carboxylic acids is 2. The molecule has 0 rings (SSSR count). The van der Waals surface area contributed by atoms with Crippen LogP contribution in [-0.2, 0) is 38.4 Å². The minimum atomic E-state index is -2.62. The molecule has 0 aromatic heterocycles. The highest BCUT2D eigenvalue weighted by Crippen LogP contribution is 2.02. The van der Waals surface area contributed by atoms with Crippen LogP contribution in [0.4, 0.5) is 0 Å². The number of hydrogen-bond acceptors (Lipinski definition) is 11. The minimum absolute atomic E-state index is 0.0192. The number of aliphatic carboxylic acids is 2. The maximum Gasteiger partial charge on any atom is 0.325 e. The molecule has 2 amide bonds. The smallest absolute Gasteiger partial charge is 0.325 e. The van der Waals surface area contributed by atoms with Gasteiger partial charge in [-0.05, 0) is 26.2 Å². The molecule has 0 aliphatic heterocycles. The topological polar surface area (TPSA) is 252 Å². The molecular formula is C20H39N5O9S2. The molecule has 16 heteroatoms. The van der Waals surface area contributed by atoms with Crippen molar-refractivity contribution < 1.29 is 43.1 Å². The van der Waals surface area contributed by atoms with Gasteiger partial charge in [0, 0.05) is 33.4 Å². The first-order valence-corrected chi connectivity index (χ1v) is 13.8. The molecule has 36 heavy (non-hydrogen) atoms. The second-order valence-corrected chi connectivity index (χ2v) is 10.4. The van der Waals surface area contributed by atoms with Crippen LogP contribution in [0.5, 0.6) is 0 Å². The number of hydrogen-bond donors (Lipinski definition) is 8. The number of esters is 1. The number of unbranched alkanes of at least 4 members (excludes halogenated alkanes) is 1. The van der Waals surface area contributed by atoms with Crippen LogP contribution in [-0.4, -0.2) is 92.7 Å². The predicted molar refractivity (Wildman–Crippen MR) is 136 cm³/mol. The van der Waals surface area contributed by atoms with Gasteiger partial charge < -0.3 is 37.1 Å². The van der Waals surface area contributed by atoms with Crippen molar-refractivity contribution in [3.05, 3.63) is 0 Å². The molecule has 0 aliphatic rings. The minimum Gasteiger partial charge on any atom is -0.480 e. The molecule has 0 aromatic carbocycles. The van der Waals surface area contributed by atoms with Gasteiger partial charge in [0.2, 0.25) is 11.8 Å². The molecule has 0 bridgehead atoms. The Hall–Kier alpha value is -2.43. The van der Waals surface area contributed by atoms with Crippen LogP contribution in [0.1, 0.15) is 46.0 Å². The quantitative estimate of drug-likeness (QED) is 0.0787. The van der Waals surface area contributed by atoms with Gasteiger partial charge in [-0.15, -0.1) is 0 Å². The second kappa shape index (κ2) is 19.7. The summed E-state index contributed by atoms with van der Waals surface area (Å²) in [5.41, 5.74) is 10.5. The van der Waals surface area contributed by atoms with E-state index < -0.39 is 57.6 Å². The molecule has 210 valence electrons. The van der Waals surface area contributed by atoms with Gasteiger partial charge in [0.25, 0.3) is 0 Å². The number of nitrogens with two attached hydrogens (primary N) is 2. The van der Waals surface area contributed by atoms with E-state index in [0.717, 1.165) is 12.8 Å². The summed E-state index contributed by atoms with van der Waals surface area (Å²) >= 11 is 3.95. The molecule has 9 N–H and O–H groups in total. The third-order valence-corrected chi connectivity index (χ3v) is 6.66.